The largest absolute Gasteiger partial charge is 0.491 e. The number of carbonyl (C=O) groups excluding carboxylic acids is 2. The quantitative estimate of drug-likeness (QED) is 0.732. The maximum absolute atomic E-state index is 14.4. The molecule has 1 aromatic rings. The first kappa shape index (κ1) is 20.3. The maximum atomic E-state index is 14.4. The molecule has 1 aromatic carbocycles. The summed E-state index contributed by atoms with van der Waals surface area (Å²) in [5, 5.41) is 0. The normalized spacial score (nSPS) is 20.1. The molecule has 0 bridgehead atoms. The number of amides is 2. The van der Waals surface area contributed by atoms with Crippen LogP contribution < -0.4 is 4.74 Å². The van der Waals surface area contributed by atoms with Crippen molar-refractivity contribution in [2.24, 2.45) is 5.41 Å². The number of ether oxygens (including phenoxy) is 2. The molecule has 28 heavy (non-hydrogen) atoms. The van der Waals surface area contributed by atoms with Crippen LogP contribution in [0.2, 0.25) is 0 Å². The van der Waals surface area contributed by atoms with Gasteiger partial charge in [-0.3, -0.25) is 4.79 Å². The lowest BCUT2D eigenvalue weighted by Crippen LogP contribution is -2.55. The van der Waals surface area contributed by atoms with Gasteiger partial charge in [0.15, 0.2) is 17.4 Å². The molecule has 2 saturated heterocycles. The molecule has 3 rings (SSSR count). The number of methoxy groups -OCH3 is 1. The van der Waals surface area contributed by atoms with Crippen LogP contribution in [0.25, 0.3) is 0 Å². The second kappa shape index (κ2) is 7.52. The number of rotatable bonds is 3. The molecule has 0 aromatic heterocycles. The van der Waals surface area contributed by atoms with Crippen molar-refractivity contribution in [1.29, 1.82) is 0 Å². The third kappa shape index (κ3) is 3.74. The van der Waals surface area contributed by atoms with Crippen molar-refractivity contribution < 1.29 is 32.2 Å². The number of halogens is 3. The van der Waals surface area contributed by atoms with Gasteiger partial charge < -0.3 is 19.3 Å². The van der Waals surface area contributed by atoms with E-state index in [1.54, 1.807) is 4.90 Å². The number of benzene rings is 1. The monoisotopic (exact) mass is 400 g/mol. The Balaban J connectivity index is 1.71. The number of piperidine rings is 1. The molecule has 0 unspecified atom stereocenters. The van der Waals surface area contributed by atoms with Crippen molar-refractivity contribution in [3.05, 3.63) is 29.1 Å². The summed E-state index contributed by atoms with van der Waals surface area (Å²) in [5.41, 5.74) is -0.737. The van der Waals surface area contributed by atoms with Crippen LogP contribution >= 0.6 is 0 Å². The number of cyclic esters (lactones) is 1. The van der Waals surface area contributed by atoms with E-state index >= 15 is 0 Å². The van der Waals surface area contributed by atoms with Crippen LogP contribution in [0.15, 0.2) is 6.07 Å². The summed E-state index contributed by atoms with van der Waals surface area (Å²) in [6, 6.07) is 0.451. The molecule has 0 radical (unpaired) electrons. The van der Waals surface area contributed by atoms with Crippen molar-refractivity contribution in [1.82, 2.24) is 9.80 Å². The van der Waals surface area contributed by atoms with Gasteiger partial charge in [-0.2, -0.15) is 4.39 Å². The van der Waals surface area contributed by atoms with Crippen molar-refractivity contribution in [3.8, 4) is 5.75 Å². The predicted octanol–water partition coefficient (Wildman–Crippen LogP) is 3.20. The standard InChI is InChI=1S/C19H23F3N2O4/c1-19(2)9-24(18(26)28-10-19)11-4-6-23(7-5-11)17(25)12-8-13(20)15(22)16(27-3)14(12)21/h8,11H,4-7,9-10H2,1-3H3. The Morgan fingerprint density at radius 1 is 1.21 bits per heavy atom. The van der Waals surface area contributed by atoms with Gasteiger partial charge in [-0.05, 0) is 18.9 Å². The first-order valence-corrected chi connectivity index (χ1v) is 9.09. The van der Waals surface area contributed by atoms with Gasteiger partial charge in [0.05, 0.1) is 19.3 Å². The minimum absolute atomic E-state index is 0.0968. The molecule has 0 spiro atoms. The Kier molecular flexibility index (Phi) is 5.45. The lowest BCUT2D eigenvalue weighted by Gasteiger charge is -2.44. The van der Waals surface area contributed by atoms with Crippen molar-refractivity contribution in [2.45, 2.75) is 32.7 Å². The zero-order valence-electron chi connectivity index (χ0n) is 16.1. The molecule has 2 amide bonds. The molecule has 2 fully saturated rings. The topological polar surface area (TPSA) is 59.1 Å². The summed E-state index contributed by atoms with van der Waals surface area (Å²) >= 11 is 0. The Labute approximate surface area is 161 Å². The van der Waals surface area contributed by atoms with Gasteiger partial charge in [0.1, 0.15) is 0 Å². The lowest BCUT2D eigenvalue weighted by atomic mass is 9.91. The van der Waals surface area contributed by atoms with Gasteiger partial charge >= 0.3 is 6.09 Å². The molecule has 154 valence electrons. The average Bonchev–Trinajstić information content (AvgIpc) is 2.67. The zero-order chi connectivity index (χ0) is 20.6. The van der Waals surface area contributed by atoms with E-state index in [0.717, 1.165) is 7.11 Å². The predicted molar refractivity (Wildman–Crippen MR) is 93.6 cm³/mol. The lowest BCUT2D eigenvalue weighted by molar-refractivity contribution is -0.0153. The molecule has 9 heteroatoms. The van der Waals surface area contributed by atoms with Crippen LogP contribution in [0.5, 0.6) is 5.75 Å². The third-order valence-corrected chi connectivity index (χ3v) is 5.16. The fourth-order valence-electron chi connectivity index (χ4n) is 3.66. The van der Waals surface area contributed by atoms with E-state index in [2.05, 4.69) is 4.74 Å². The number of hydrogen-bond donors (Lipinski definition) is 0. The summed E-state index contributed by atoms with van der Waals surface area (Å²) in [6.45, 7) is 5.44. The van der Waals surface area contributed by atoms with Crippen LogP contribution in [0, 0.1) is 22.9 Å². The molecular formula is C19H23F3N2O4. The number of nitrogens with zero attached hydrogens (tertiary/aromatic N) is 2. The first-order chi connectivity index (χ1) is 13.1. The van der Waals surface area contributed by atoms with E-state index in [1.807, 2.05) is 13.8 Å². The average molecular weight is 400 g/mol. The highest BCUT2D eigenvalue weighted by molar-refractivity contribution is 5.95. The van der Waals surface area contributed by atoms with Crippen LogP contribution in [0.1, 0.15) is 37.0 Å². The van der Waals surface area contributed by atoms with Gasteiger partial charge in [0.2, 0.25) is 5.82 Å². The van der Waals surface area contributed by atoms with Crippen molar-refractivity contribution in [3.63, 3.8) is 0 Å². The van der Waals surface area contributed by atoms with Gasteiger partial charge in [0, 0.05) is 31.1 Å². The second-order valence-electron chi connectivity index (χ2n) is 7.94. The summed E-state index contributed by atoms with van der Waals surface area (Å²) in [7, 11) is 1.000. The molecule has 2 heterocycles. The Morgan fingerprint density at radius 2 is 1.86 bits per heavy atom. The highest BCUT2D eigenvalue weighted by Gasteiger charge is 2.39. The van der Waals surface area contributed by atoms with E-state index in [0.29, 0.717) is 32.1 Å². The molecule has 2 aliphatic heterocycles. The Bertz CT molecular complexity index is 792. The van der Waals surface area contributed by atoms with E-state index in [4.69, 9.17) is 4.74 Å². The Morgan fingerprint density at radius 3 is 2.46 bits per heavy atom. The van der Waals surface area contributed by atoms with Gasteiger partial charge in [-0.25, -0.2) is 13.6 Å². The maximum Gasteiger partial charge on any atom is 0.410 e. The van der Waals surface area contributed by atoms with E-state index in [-0.39, 0.29) is 30.6 Å². The van der Waals surface area contributed by atoms with Crippen LogP contribution in [-0.2, 0) is 4.74 Å². The SMILES string of the molecule is COc1c(F)c(F)cc(C(=O)N2CCC(N3CC(C)(C)COC3=O)CC2)c1F. The first-order valence-electron chi connectivity index (χ1n) is 9.09. The smallest absolute Gasteiger partial charge is 0.410 e. The fourth-order valence-corrected chi connectivity index (χ4v) is 3.66. The van der Waals surface area contributed by atoms with Gasteiger partial charge in [-0.1, -0.05) is 13.8 Å². The molecule has 0 aliphatic carbocycles. The molecule has 2 aliphatic rings. The molecule has 6 nitrogen and oxygen atoms in total. The molecule has 0 N–H and O–H groups in total. The van der Waals surface area contributed by atoms with E-state index < -0.39 is 34.7 Å². The fraction of sp³-hybridized carbons (Fsp3) is 0.579. The van der Waals surface area contributed by atoms with E-state index in [9.17, 15) is 22.8 Å². The third-order valence-electron chi connectivity index (χ3n) is 5.16. The van der Waals surface area contributed by atoms with Crippen LogP contribution in [0.4, 0.5) is 18.0 Å². The number of hydrogen-bond acceptors (Lipinski definition) is 4. The van der Waals surface area contributed by atoms with Gasteiger partial charge in [-0.15, -0.1) is 0 Å². The minimum atomic E-state index is -1.47. The molecular weight excluding hydrogens is 377 g/mol. The van der Waals surface area contributed by atoms with Crippen LogP contribution in [-0.4, -0.2) is 61.2 Å². The van der Waals surface area contributed by atoms with Crippen molar-refractivity contribution >= 4 is 12.0 Å². The van der Waals surface area contributed by atoms with E-state index in [1.165, 1.54) is 4.90 Å². The highest BCUT2D eigenvalue weighted by atomic mass is 19.2. The summed E-state index contributed by atoms with van der Waals surface area (Å²) in [4.78, 5) is 27.8. The molecule has 0 saturated carbocycles. The number of carbonyl (C=O) groups is 2. The minimum Gasteiger partial charge on any atom is -0.491 e. The second-order valence-corrected chi connectivity index (χ2v) is 7.94. The highest BCUT2D eigenvalue weighted by Crippen LogP contribution is 2.30. The Hall–Kier alpha value is -2.45. The van der Waals surface area contributed by atoms with Gasteiger partial charge in [0.25, 0.3) is 5.91 Å². The summed E-state index contributed by atoms with van der Waals surface area (Å²) in [5.74, 6) is -5.71. The van der Waals surface area contributed by atoms with Crippen LogP contribution in [0.3, 0.4) is 0 Å². The zero-order valence-corrected chi connectivity index (χ0v) is 16.1. The molecule has 0 atom stereocenters. The van der Waals surface area contributed by atoms with Crippen molar-refractivity contribution in [2.75, 3.05) is 33.4 Å². The summed E-state index contributed by atoms with van der Waals surface area (Å²) < 4.78 is 51.4. The number of likely N-dealkylation sites (tertiary alicyclic amines) is 1. The summed E-state index contributed by atoms with van der Waals surface area (Å²) in [6.07, 6.45) is 0.596.